The largest absolute Gasteiger partial charge is 0.466 e. The Morgan fingerprint density at radius 3 is 2.57 bits per heavy atom. The first-order valence-electron chi connectivity index (χ1n) is 4.98. The summed E-state index contributed by atoms with van der Waals surface area (Å²) >= 11 is 0. The Balaban J connectivity index is 4.08. The first-order valence-corrected chi connectivity index (χ1v) is 4.98. The fraction of sp³-hybridized carbons (Fsp3) is 0.727. The van der Waals surface area contributed by atoms with Gasteiger partial charge in [-0.05, 0) is 19.3 Å². The number of rotatable bonds is 6. The number of hydrogen-bond donors (Lipinski definition) is 1. The summed E-state index contributed by atoms with van der Waals surface area (Å²) in [6, 6.07) is 0. The molecule has 0 aliphatic carbocycles. The summed E-state index contributed by atoms with van der Waals surface area (Å²) in [5.41, 5.74) is -0.966. The van der Waals surface area contributed by atoms with Crippen LogP contribution in [0, 0.1) is 5.92 Å². The number of hydrogen-bond acceptors (Lipinski definition) is 3. The highest BCUT2D eigenvalue weighted by Gasteiger charge is 2.27. The van der Waals surface area contributed by atoms with Gasteiger partial charge >= 0.3 is 5.97 Å². The third kappa shape index (κ3) is 3.92. The van der Waals surface area contributed by atoms with Gasteiger partial charge in [0.1, 0.15) is 0 Å². The molecule has 82 valence electrons. The van der Waals surface area contributed by atoms with Gasteiger partial charge in [0.15, 0.2) is 0 Å². The average Bonchev–Trinajstić information content (AvgIpc) is 2.14. The van der Waals surface area contributed by atoms with Gasteiger partial charge < -0.3 is 9.84 Å². The van der Waals surface area contributed by atoms with Crippen LogP contribution in [0.5, 0.6) is 0 Å². The van der Waals surface area contributed by atoms with Gasteiger partial charge in [0.25, 0.3) is 0 Å². The molecule has 3 nitrogen and oxygen atoms in total. The van der Waals surface area contributed by atoms with Crippen LogP contribution in [0.25, 0.3) is 0 Å². The zero-order valence-electron chi connectivity index (χ0n) is 9.25. The molecule has 14 heavy (non-hydrogen) atoms. The zero-order valence-corrected chi connectivity index (χ0v) is 9.25. The number of aliphatic hydroxyl groups is 1. The Bertz CT molecular complexity index is 199. The van der Waals surface area contributed by atoms with Crippen molar-refractivity contribution in [1.29, 1.82) is 0 Å². The molecule has 3 heteroatoms. The Morgan fingerprint density at radius 2 is 2.21 bits per heavy atom. The van der Waals surface area contributed by atoms with E-state index in [1.165, 1.54) is 6.08 Å². The van der Waals surface area contributed by atoms with Gasteiger partial charge in [0.05, 0.1) is 12.2 Å². The van der Waals surface area contributed by atoms with E-state index < -0.39 is 5.60 Å². The van der Waals surface area contributed by atoms with Crippen molar-refractivity contribution in [3.8, 4) is 0 Å². The Hall–Kier alpha value is -0.830. The lowest BCUT2D eigenvalue weighted by atomic mass is 9.86. The van der Waals surface area contributed by atoms with E-state index in [4.69, 9.17) is 4.74 Å². The predicted molar refractivity (Wildman–Crippen MR) is 55.9 cm³/mol. The first kappa shape index (κ1) is 13.2. The van der Waals surface area contributed by atoms with Crippen molar-refractivity contribution in [2.75, 3.05) is 6.61 Å². The molecular weight excluding hydrogens is 180 g/mol. The van der Waals surface area contributed by atoms with Crippen molar-refractivity contribution in [2.24, 2.45) is 5.92 Å². The molecule has 0 saturated heterocycles. The molecule has 0 aromatic heterocycles. The molecule has 0 radical (unpaired) electrons. The van der Waals surface area contributed by atoms with Crippen LogP contribution in [-0.4, -0.2) is 23.3 Å². The summed E-state index contributed by atoms with van der Waals surface area (Å²) in [4.78, 5) is 11.1. The monoisotopic (exact) mass is 200 g/mol. The van der Waals surface area contributed by atoms with E-state index in [1.807, 2.05) is 13.8 Å². The SMILES string of the molecule is C=CC(O)(CCC(=O)OCC)C(C)C. The number of esters is 1. The van der Waals surface area contributed by atoms with E-state index in [2.05, 4.69) is 6.58 Å². The second-order valence-electron chi connectivity index (χ2n) is 3.66. The molecule has 0 bridgehead atoms. The minimum Gasteiger partial charge on any atom is -0.466 e. The minimum atomic E-state index is -0.966. The molecule has 0 heterocycles. The molecule has 0 saturated carbocycles. The van der Waals surface area contributed by atoms with Crippen molar-refractivity contribution in [3.05, 3.63) is 12.7 Å². The molecule has 0 aromatic carbocycles. The van der Waals surface area contributed by atoms with E-state index in [-0.39, 0.29) is 18.3 Å². The third-order valence-corrected chi connectivity index (χ3v) is 2.39. The predicted octanol–water partition coefficient (Wildman–Crippen LogP) is 1.90. The maximum Gasteiger partial charge on any atom is 0.305 e. The molecule has 1 atom stereocenters. The highest BCUT2D eigenvalue weighted by atomic mass is 16.5. The average molecular weight is 200 g/mol. The van der Waals surface area contributed by atoms with E-state index in [0.29, 0.717) is 13.0 Å². The molecule has 1 unspecified atom stereocenters. The van der Waals surface area contributed by atoms with Gasteiger partial charge in [-0.3, -0.25) is 4.79 Å². The second-order valence-corrected chi connectivity index (χ2v) is 3.66. The van der Waals surface area contributed by atoms with Gasteiger partial charge in [-0.25, -0.2) is 0 Å². The Morgan fingerprint density at radius 1 is 1.64 bits per heavy atom. The number of carbonyl (C=O) groups is 1. The molecule has 0 rings (SSSR count). The first-order chi connectivity index (χ1) is 6.46. The molecule has 1 N–H and O–H groups in total. The van der Waals surface area contributed by atoms with Crippen LogP contribution in [0.2, 0.25) is 0 Å². The van der Waals surface area contributed by atoms with Crippen molar-refractivity contribution < 1.29 is 14.6 Å². The molecule has 0 aliphatic rings. The van der Waals surface area contributed by atoms with Gasteiger partial charge in [-0.2, -0.15) is 0 Å². The maximum atomic E-state index is 11.1. The van der Waals surface area contributed by atoms with Crippen molar-refractivity contribution in [2.45, 2.75) is 39.2 Å². The second kappa shape index (κ2) is 5.81. The van der Waals surface area contributed by atoms with Crippen molar-refractivity contribution in [1.82, 2.24) is 0 Å². The lowest BCUT2D eigenvalue weighted by Gasteiger charge is -2.28. The Kier molecular flexibility index (Phi) is 5.46. The Labute approximate surface area is 85.8 Å². The molecule has 0 fully saturated rings. The van der Waals surface area contributed by atoms with Crippen molar-refractivity contribution >= 4 is 5.97 Å². The topological polar surface area (TPSA) is 46.5 Å². The fourth-order valence-corrected chi connectivity index (χ4v) is 1.16. The van der Waals surface area contributed by atoms with Gasteiger partial charge in [-0.1, -0.05) is 19.9 Å². The normalized spacial score (nSPS) is 14.9. The molecule has 0 spiro atoms. The summed E-state index contributed by atoms with van der Waals surface area (Å²) in [7, 11) is 0. The standard InChI is InChI=1S/C11H20O3/c1-5-11(13,9(3)4)8-7-10(12)14-6-2/h5,9,13H,1,6-8H2,2-4H3. The van der Waals surface area contributed by atoms with Crippen LogP contribution in [0.4, 0.5) is 0 Å². The van der Waals surface area contributed by atoms with Crippen LogP contribution in [0.15, 0.2) is 12.7 Å². The smallest absolute Gasteiger partial charge is 0.305 e. The summed E-state index contributed by atoms with van der Waals surface area (Å²) in [6.45, 7) is 9.51. The lowest BCUT2D eigenvalue weighted by molar-refractivity contribution is -0.144. The van der Waals surface area contributed by atoms with Crippen LogP contribution in [0.1, 0.15) is 33.6 Å². The zero-order chi connectivity index (χ0) is 11.2. The summed E-state index contributed by atoms with van der Waals surface area (Å²) in [6.07, 6.45) is 2.10. The van der Waals surface area contributed by atoms with E-state index in [9.17, 15) is 9.90 Å². The summed E-state index contributed by atoms with van der Waals surface area (Å²) < 4.78 is 4.78. The molecule has 0 aromatic rings. The van der Waals surface area contributed by atoms with Gasteiger partial charge in [-0.15, -0.1) is 6.58 Å². The van der Waals surface area contributed by atoms with E-state index >= 15 is 0 Å². The quantitative estimate of drug-likeness (QED) is 0.526. The van der Waals surface area contributed by atoms with Crippen LogP contribution < -0.4 is 0 Å². The summed E-state index contributed by atoms with van der Waals surface area (Å²) in [5, 5.41) is 9.99. The maximum absolute atomic E-state index is 11.1. The number of carbonyl (C=O) groups excluding carboxylic acids is 1. The lowest BCUT2D eigenvalue weighted by Crippen LogP contribution is -2.33. The third-order valence-electron chi connectivity index (χ3n) is 2.39. The van der Waals surface area contributed by atoms with Crippen LogP contribution in [0.3, 0.4) is 0 Å². The van der Waals surface area contributed by atoms with Crippen LogP contribution >= 0.6 is 0 Å². The van der Waals surface area contributed by atoms with Crippen LogP contribution in [-0.2, 0) is 9.53 Å². The molecule has 0 amide bonds. The highest BCUT2D eigenvalue weighted by molar-refractivity contribution is 5.69. The molecular formula is C11H20O3. The van der Waals surface area contributed by atoms with Crippen molar-refractivity contribution in [3.63, 3.8) is 0 Å². The highest BCUT2D eigenvalue weighted by Crippen LogP contribution is 2.23. The number of ether oxygens (including phenoxy) is 1. The van der Waals surface area contributed by atoms with Gasteiger partial charge in [0.2, 0.25) is 0 Å². The summed E-state index contributed by atoms with van der Waals surface area (Å²) in [5.74, 6) is -0.220. The minimum absolute atomic E-state index is 0.0504. The fourth-order valence-electron chi connectivity index (χ4n) is 1.16. The van der Waals surface area contributed by atoms with Gasteiger partial charge in [0, 0.05) is 6.42 Å². The molecule has 0 aliphatic heterocycles. The van der Waals surface area contributed by atoms with E-state index in [0.717, 1.165) is 0 Å². The van der Waals surface area contributed by atoms with E-state index in [1.54, 1.807) is 6.92 Å².